The Morgan fingerprint density at radius 1 is 1.39 bits per heavy atom. The average Bonchev–Trinajstić information content (AvgIpc) is 2.32. The number of aryl methyl sites for hydroxylation is 1. The van der Waals surface area contributed by atoms with E-state index in [2.05, 4.69) is 20.9 Å². The van der Waals surface area contributed by atoms with Crippen LogP contribution >= 0.6 is 27.5 Å². The highest BCUT2D eigenvalue weighted by atomic mass is 79.9. The highest BCUT2D eigenvalue weighted by Crippen LogP contribution is 2.32. The van der Waals surface area contributed by atoms with Gasteiger partial charge in [-0.1, -0.05) is 39.7 Å². The Morgan fingerprint density at radius 3 is 2.83 bits per heavy atom. The number of hydrogen-bond acceptors (Lipinski definition) is 1. The molecule has 94 valence electrons. The highest BCUT2D eigenvalue weighted by Gasteiger charge is 2.14. The first-order valence-electron chi connectivity index (χ1n) is 5.57. The Labute approximate surface area is 119 Å². The summed E-state index contributed by atoms with van der Waals surface area (Å²) < 4.78 is 13.0. The highest BCUT2D eigenvalue weighted by molar-refractivity contribution is 9.09. The zero-order valence-corrected chi connectivity index (χ0v) is 12.2. The number of halogens is 3. The summed E-state index contributed by atoms with van der Waals surface area (Å²) in [7, 11) is 0. The Morgan fingerprint density at radius 2 is 2.17 bits per heavy atom. The minimum Gasteiger partial charge on any atom is -0.261 e. The van der Waals surface area contributed by atoms with E-state index in [0.717, 1.165) is 23.2 Å². The molecule has 0 aliphatic heterocycles. The predicted octanol–water partition coefficient (Wildman–Crippen LogP) is 4.86. The Balaban J connectivity index is 2.22. The molecule has 4 heteroatoms. The molecule has 0 spiro atoms. The summed E-state index contributed by atoms with van der Waals surface area (Å²) in [5.74, 6) is -0.322. The molecule has 18 heavy (non-hydrogen) atoms. The Kier molecular flexibility index (Phi) is 4.36. The van der Waals surface area contributed by atoms with Crippen LogP contribution in [0, 0.1) is 12.7 Å². The van der Waals surface area contributed by atoms with E-state index in [-0.39, 0.29) is 10.6 Å². The number of nitrogens with zero attached hydrogens (tertiary/aromatic N) is 1. The van der Waals surface area contributed by atoms with Crippen LogP contribution < -0.4 is 0 Å². The summed E-state index contributed by atoms with van der Waals surface area (Å²) in [6, 6.07) is 8.38. The van der Waals surface area contributed by atoms with Crippen LogP contribution in [0.25, 0.3) is 0 Å². The molecular weight excluding hydrogens is 317 g/mol. The topological polar surface area (TPSA) is 12.9 Å². The van der Waals surface area contributed by atoms with E-state index in [4.69, 9.17) is 11.6 Å². The average molecular weight is 329 g/mol. The number of alkyl halides is 1. The van der Waals surface area contributed by atoms with Crippen LogP contribution in [0.4, 0.5) is 4.39 Å². The van der Waals surface area contributed by atoms with E-state index in [0.29, 0.717) is 5.02 Å². The SMILES string of the molecule is Cc1cccnc1CC(Br)c1ccc(F)cc1Cl. The monoisotopic (exact) mass is 327 g/mol. The lowest BCUT2D eigenvalue weighted by molar-refractivity contribution is 0.627. The second-order valence-electron chi connectivity index (χ2n) is 4.10. The van der Waals surface area contributed by atoms with Gasteiger partial charge in [-0.25, -0.2) is 4.39 Å². The first kappa shape index (κ1) is 13.5. The van der Waals surface area contributed by atoms with Gasteiger partial charge in [-0.3, -0.25) is 4.98 Å². The van der Waals surface area contributed by atoms with Crippen LogP contribution in [-0.2, 0) is 6.42 Å². The standard InChI is InChI=1S/C14H12BrClFN/c1-9-3-2-6-18-14(9)8-12(15)11-5-4-10(17)7-13(11)16/h2-7,12H,8H2,1H3. The van der Waals surface area contributed by atoms with Crippen LogP contribution in [-0.4, -0.2) is 4.98 Å². The quantitative estimate of drug-likeness (QED) is 0.733. The van der Waals surface area contributed by atoms with Gasteiger partial charge >= 0.3 is 0 Å². The number of rotatable bonds is 3. The van der Waals surface area contributed by atoms with Crippen molar-refractivity contribution in [1.29, 1.82) is 0 Å². The summed E-state index contributed by atoms with van der Waals surface area (Å²) >= 11 is 9.63. The van der Waals surface area contributed by atoms with Gasteiger partial charge in [0.25, 0.3) is 0 Å². The molecule has 0 amide bonds. The second-order valence-corrected chi connectivity index (χ2v) is 5.62. The van der Waals surface area contributed by atoms with E-state index < -0.39 is 0 Å². The molecule has 1 heterocycles. The van der Waals surface area contributed by atoms with Crippen LogP contribution in [0.2, 0.25) is 5.02 Å². The third-order valence-corrected chi connectivity index (χ3v) is 3.93. The minimum atomic E-state index is -0.322. The maximum absolute atomic E-state index is 13.0. The number of aromatic nitrogens is 1. The normalized spacial score (nSPS) is 12.4. The Bertz CT molecular complexity index is 559. The number of hydrogen-bond donors (Lipinski definition) is 0. The van der Waals surface area contributed by atoms with Gasteiger partial charge in [-0.15, -0.1) is 0 Å². The van der Waals surface area contributed by atoms with Gasteiger partial charge in [0.2, 0.25) is 0 Å². The van der Waals surface area contributed by atoms with Crippen LogP contribution in [0.15, 0.2) is 36.5 Å². The molecule has 2 rings (SSSR count). The summed E-state index contributed by atoms with van der Waals surface area (Å²) in [4.78, 5) is 4.37. The predicted molar refractivity (Wildman–Crippen MR) is 75.8 cm³/mol. The second kappa shape index (κ2) is 5.81. The van der Waals surface area contributed by atoms with Crippen LogP contribution in [0.1, 0.15) is 21.6 Å². The summed E-state index contributed by atoms with van der Waals surface area (Å²) in [5, 5.41) is 0.436. The third kappa shape index (κ3) is 3.09. The molecule has 0 fully saturated rings. The first-order valence-corrected chi connectivity index (χ1v) is 6.87. The molecule has 0 radical (unpaired) electrons. The molecule has 0 aliphatic rings. The molecule has 1 atom stereocenters. The van der Waals surface area contributed by atoms with Crippen LogP contribution in [0.3, 0.4) is 0 Å². The number of pyridine rings is 1. The lowest BCUT2D eigenvalue weighted by Crippen LogP contribution is -2.01. The molecule has 1 nitrogen and oxygen atoms in total. The van der Waals surface area contributed by atoms with Crippen LogP contribution in [0.5, 0.6) is 0 Å². The fraction of sp³-hybridized carbons (Fsp3) is 0.214. The molecule has 0 bridgehead atoms. The molecule has 1 aromatic heterocycles. The maximum atomic E-state index is 13.0. The molecule has 1 unspecified atom stereocenters. The van der Waals surface area contributed by atoms with Gasteiger partial charge in [0.1, 0.15) is 5.82 Å². The first-order chi connectivity index (χ1) is 8.58. The van der Waals surface area contributed by atoms with Crippen molar-refractivity contribution in [2.75, 3.05) is 0 Å². The van der Waals surface area contributed by atoms with E-state index in [1.165, 1.54) is 12.1 Å². The molecule has 0 saturated heterocycles. The lowest BCUT2D eigenvalue weighted by Gasteiger charge is -2.13. The van der Waals surface area contributed by atoms with Crippen molar-refractivity contribution >= 4 is 27.5 Å². The molecule has 1 aromatic carbocycles. The zero-order valence-electron chi connectivity index (χ0n) is 9.83. The molecule has 0 N–H and O–H groups in total. The van der Waals surface area contributed by atoms with Gasteiger partial charge in [0, 0.05) is 28.2 Å². The fourth-order valence-corrected chi connectivity index (χ4v) is 2.90. The van der Waals surface area contributed by atoms with Gasteiger partial charge in [-0.2, -0.15) is 0 Å². The van der Waals surface area contributed by atoms with E-state index >= 15 is 0 Å². The third-order valence-electron chi connectivity index (χ3n) is 2.79. The summed E-state index contributed by atoms with van der Waals surface area (Å²) in [6.07, 6.45) is 2.49. The van der Waals surface area contributed by atoms with Gasteiger partial charge < -0.3 is 0 Å². The van der Waals surface area contributed by atoms with Crippen molar-refractivity contribution in [2.24, 2.45) is 0 Å². The van der Waals surface area contributed by atoms with E-state index in [9.17, 15) is 4.39 Å². The summed E-state index contributed by atoms with van der Waals surface area (Å²) in [6.45, 7) is 2.02. The molecular formula is C14H12BrClFN. The summed E-state index contributed by atoms with van der Waals surface area (Å²) in [5.41, 5.74) is 3.03. The van der Waals surface area contributed by atoms with E-state index in [1.807, 2.05) is 19.1 Å². The molecule has 2 aromatic rings. The van der Waals surface area contributed by atoms with Gasteiger partial charge in [0.15, 0.2) is 0 Å². The van der Waals surface area contributed by atoms with Crippen molar-refractivity contribution in [3.8, 4) is 0 Å². The van der Waals surface area contributed by atoms with Gasteiger partial charge in [-0.05, 0) is 36.2 Å². The maximum Gasteiger partial charge on any atom is 0.124 e. The zero-order chi connectivity index (χ0) is 13.1. The smallest absolute Gasteiger partial charge is 0.124 e. The van der Waals surface area contributed by atoms with Crippen molar-refractivity contribution in [3.05, 3.63) is 64.2 Å². The van der Waals surface area contributed by atoms with Crippen molar-refractivity contribution in [1.82, 2.24) is 4.98 Å². The van der Waals surface area contributed by atoms with Gasteiger partial charge in [0.05, 0.1) is 0 Å². The molecule has 0 aliphatic carbocycles. The Hall–Kier alpha value is -0.930. The fourth-order valence-electron chi connectivity index (χ4n) is 1.77. The molecule has 0 saturated carbocycles. The van der Waals surface area contributed by atoms with E-state index in [1.54, 1.807) is 12.3 Å². The largest absolute Gasteiger partial charge is 0.261 e. The van der Waals surface area contributed by atoms with Crippen molar-refractivity contribution in [2.45, 2.75) is 18.2 Å². The van der Waals surface area contributed by atoms with Crippen molar-refractivity contribution in [3.63, 3.8) is 0 Å². The van der Waals surface area contributed by atoms with Crippen molar-refractivity contribution < 1.29 is 4.39 Å². The lowest BCUT2D eigenvalue weighted by atomic mass is 10.1. The number of benzene rings is 1. The minimum absolute atomic E-state index is 0.0270.